The lowest BCUT2D eigenvalue weighted by Crippen LogP contribution is -2.28. The van der Waals surface area contributed by atoms with E-state index in [2.05, 4.69) is 13.8 Å². The highest BCUT2D eigenvalue weighted by molar-refractivity contribution is 5.43. The smallest absolute Gasteiger partial charge is 0.161 e. The molecule has 2 rings (SSSR count). The summed E-state index contributed by atoms with van der Waals surface area (Å²) in [5.74, 6) is 3.21. The van der Waals surface area contributed by atoms with E-state index in [0.29, 0.717) is 19.3 Å². The summed E-state index contributed by atoms with van der Waals surface area (Å²) in [7, 11) is 0. The van der Waals surface area contributed by atoms with E-state index in [9.17, 15) is 0 Å². The number of benzene rings is 1. The Bertz CT molecular complexity index is 433. The zero-order valence-electron chi connectivity index (χ0n) is 12.9. The van der Waals surface area contributed by atoms with Gasteiger partial charge in [-0.05, 0) is 55.7 Å². The van der Waals surface area contributed by atoms with E-state index in [0.717, 1.165) is 41.7 Å². The molecule has 0 spiro atoms. The van der Waals surface area contributed by atoms with Crippen LogP contribution in [0.4, 0.5) is 0 Å². The molecule has 1 fully saturated rings. The van der Waals surface area contributed by atoms with Crippen LogP contribution in [0.25, 0.3) is 0 Å². The maximum Gasteiger partial charge on any atom is 0.161 e. The first-order chi connectivity index (χ1) is 9.63. The van der Waals surface area contributed by atoms with Crippen LogP contribution < -0.4 is 15.2 Å². The first-order valence-electron chi connectivity index (χ1n) is 7.76. The van der Waals surface area contributed by atoms with Gasteiger partial charge in [0.1, 0.15) is 0 Å². The molecule has 3 heteroatoms. The highest BCUT2D eigenvalue weighted by Crippen LogP contribution is 2.35. The number of ether oxygens (including phenoxy) is 2. The van der Waals surface area contributed by atoms with E-state index in [1.165, 1.54) is 6.42 Å². The van der Waals surface area contributed by atoms with Gasteiger partial charge in [-0.2, -0.15) is 0 Å². The summed E-state index contributed by atoms with van der Waals surface area (Å²) >= 11 is 0. The normalized spacial score (nSPS) is 26.3. The molecule has 0 aromatic heterocycles. The van der Waals surface area contributed by atoms with Crippen molar-refractivity contribution in [2.24, 2.45) is 17.6 Å². The van der Waals surface area contributed by atoms with Crippen LogP contribution in [0.2, 0.25) is 0 Å². The molecule has 3 unspecified atom stereocenters. The first kappa shape index (κ1) is 15.2. The maximum absolute atomic E-state index is 6.19. The van der Waals surface area contributed by atoms with E-state index in [4.69, 9.17) is 15.2 Å². The average molecular weight is 277 g/mol. The molecule has 0 amide bonds. The van der Waals surface area contributed by atoms with Crippen LogP contribution in [0.15, 0.2) is 18.2 Å². The Kier molecular flexibility index (Phi) is 5.30. The van der Waals surface area contributed by atoms with Gasteiger partial charge in [0.05, 0.1) is 12.7 Å². The fourth-order valence-corrected chi connectivity index (χ4v) is 2.83. The zero-order chi connectivity index (χ0) is 14.5. The second kappa shape index (κ2) is 6.98. The van der Waals surface area contributed by atoms with Gasteiger partial charge < -0.3 is 15.2 Å². The predicted octanol–water partition coefficient (Wildman–Crippen LogP) is 3.75. The average Bonchev–Trinajstić information content (AvgIpc) is 2.45. The van der Waals surface area contributed by atoms with Crippen molar-refractivity contribution < 1.29 is 9.47 Å². The second-order valence-corrected chi connectivity index (χ2v) is 5.93. The van der Waals surface area contributed by atoms with Gasteiger partial charge >= 0.3 is 0 Å². The molecule has 0 saturated heterocycles. The van der Waals surface area contributed by atoms with Crippen molar-refractivity contribution in [2.45, 2.75) is 52.7 Å². The third kappa shape index (κ3) is 3.66. The van der Waals surface area contributed by atoms with E-state index in [-0.39, 0.29) is 0 Å². The number of hydrogen-bond donors (Lipinski definition) is 1. The molecular weight excluding hydrogens is 250 g/mol. The molecule has 3 atom stereocenters. The van der Waals surface area contributed by atoms with Gasteiger partial charge in [-0.15, -0.1) is 0 Å². The highest BCUT2D eigenvalue weighted by Gasteiger charge is 2.26. The topological polar surface area (TPSA) is 44.5 Å². The highest BCUT2D eigenvalue weighted by atomic mass is 16.5. The van der Waals surface area contributed by atoms with Gasteiger partial charge in [0.15, 0.2) is 11.5 Å². The minimum Gasteiger partial charge on any atom is -0.490 e. The monoisotopic (exact) mass is 277 g/mol. The summed E-state index contributed by atoms with van der Waals surface area (Å²) < 4.78 is 11.9. The second-order valence-electron chi connectivity index (χ2n) is 5.93. The molecule has 0 radical (unpaired) electrons. The van der Waals surface area contributed by atoms with E-state index in [1.54, 1.807) is 0 Å². The Morgan fingerprint density at radius 3 is 2.60 bits per heavy atom. The molecule has 0 aliphatic heterocycles. The minimum absolute atomic E-state index is 0.309. The Morgan fingerprint density at radius 1 is 1.15 bits per heavy atom. The SMILES string of the molecule is CCOc1cc(CN)ccc1OC1CCC(C)C(C)C1. The maximum atomic E-state index is 6.19. The van der Waals surface area contributed by atoms with Gasteiger partial charge in [-0.3, -0.25) is 0 Å². The van der Waals surface area contributed by atoms with Crippen molar-refractivity contribution in [3.05, 3.63) is 23.8 Å². The lowest BCUT2D eigenvalue weighted by Gasteiger charge is -2.32. The summed E-state index contributed by atoms with van der Waals surface area (Å²) in [5, 5.41) is 0. The van der Waals surface area contributed by atoms with Crippen LogP contribution in [0.3, 0.4) is 0 Å². The zero-order valence-corrected chi connectivity index (χ0v) is 12.9. The molecule has 1 aliphatic rings. The molecule has 3 nitrogen and oxygen atoms in total. The van der Waals surface area contributed by atoms with Crippen molar-refractivity contribution >= 4 is 0 Å². The van der Waals surface area contributed by atoms with Crippen LogP contribution in [0.5, 0.6) is 11.5 Å². The third-order valence-corrected chi connectivity index (χ3v) is 4.39. The molecule has 1 aliphatic carbocycles. The van der Waals surface area contributed by atoms with Gasteiger partial charge in [0.2, 0.25) is 0 Å². The first-order valence-corrected chi connectivity index (χ1v) is 7.76. The molecule has 2 N–H and O–H groups in total. The molecule has 0 heterocycles. The van der Waals surface area contributed by atoms with Gasteiger partial charge in [0, 0.05) is 6.54 Å². The molecule has 1 aromatic rings. The Hall–Kier alpha value is -1.22. The lowest BCUT2D eigenvalue weighted by molar-refractivity contribution is 0.0969. The quantitative estimate of drug-likeness (QED) is 0.891. The van der Waals surface area contributed by atoms with Crippen molar-refractivity contribution in [2.75, 3.05) is 6.61 Å². The van der Waals surface area contributed by atoms with Crippen molar-refractivity contribution in [1.82, 2.24) is 0 Å². The van der Waals surface area contributed by atoms with E-state index < -0.39 is 0 Å². The Balaban J connectivity index is 2.08. The van der Waals surface area contributed by atoms with Crippen LogP contribution in [0.1, 0.15) is 45.6 Å². The van der Waals surface area contributed by atoms with Crippen LogP contribution in [0, 0.1) is 11.8 Å². The van der Waals surface area contributed by atoms with Gasteiger partial charge in [0.25, 0.3) is 0 Å². The van der Waals surface area contributed by atoms with Crippen molar-refractivity contribution in [3.8, 4) is 11.5 Å². The molecule has 1 saturated carbocycles. The fraction of sp³-hybridized carbons (Fsp3) is 0.647. The summed E-state index contributed by atoms with van der Waals surface area (Å²) in [6, 6.07) is 6.01. The Morgan fingerprint density at radius 2 is 1.95 bits per heavy atom. The van der Waals surface area contributed by atoms with E-state index in [1.807, 2.05) is 25.1 Å². The molecule has 0 bridgehead atoms. The number of rotatable bonds is 5. The molecular formula is C17H27NO2. The molecule has 112 valence electrons. The summed E-state index contributed by atoms with van der Waals surface area (Å²) in [5.41, 5.74) is 6.76. The largest absolute Gasteiger partial charge is 0.490 e. The van der Waals surface area contributed by atoms with E-state index >= 15 is 0 Å². The summed E-state index contributed by atoms with van der Waals surface area (Å²) in [6.45, 7) is 7.81. The third-order valence-electron chi connectivity index (χ3n) is 4.39. The van der Waals surface area contributed by atoms with Crippen molar-refractivity contribution in [1.29, 1.82) is 0 Å². The van der Waals surface area contributed by atoms with Crippen molar-refractivity contribution in [3.63, 3.8) is 0 Å². The lowest BCUT2D eigenvalue weighted by atomic mass is 9.80. The molecule has 20 heavy (non-hydrogen) atoms. The standard InChI is InChI=1S/C17H27NO2/c1-4-19-17-10-14(11-18)6-8-16(17)20-15-7-5-12(2)13(3)9-15/h6,8,10,12-13,15H,4-5,7,9,11,18H2,1-3H3. The van der Waals surface area contributed by atoms with Gasteiger partial charge in [-0.1, -0.05) is 19.9 Å². The number of hydrogen-bond acceptors (Lipinski definition) is 3. The fourth-order valence-electron chi connectivity index (χ4n) is 2.83. The van der Waals surface area contributed by atoms with Crippen LogP contribution in [-0.2, 0) is 6.54 Å². The Labute approximate surface area is 122 Å². The van der Waals surface area contributed by atoms with Crippen LogP contribution >= 0.6 is 0 Å². The summed E-state index contributed by atoms with van der Waals surface area (Å²) in [6.07, 6.45) is 3.82. The van der Waals surface area contributed by atoms with Gasteiger partial charge in [-0.25, -0.2) is 0 Å². The number of nitrogens with two attached hydrogens (primary N) is 1. The van der Waals surface area contributed by atoms with Crippen LogP contribution in [-0.4, -0.2) is 12.7 Å². The minimum atomic E-state index is 0.309. The molecule has 1 aromatic carbocycles. The summed E-state index contributed by atoms with van der Waals surface area (Å²) in [4.78, 5) is 0. The predicted molar refractivity (Wildman–Crippen MR) is 82.1 cm³/mol.